The van der Waals surface area contributed by atoms with Gasteiger partial charge in [-0.05, 0) is 6.42 Å². The van der Waals surface area contributed by atoms with Crippen LogP contribution in [0.1, 0.15) is 32.6 Å². The van der Waals surface area contributed by atoms with E-state index in [2.05, 4.69) is 4.74 Å². The lowest BCUT2D eigenvalue weighted by atomic mass is 9.90. The second kappa shape index (κ2) is 10.7. The van der Waals surface area contributed by atoms with Crippen molar-refractivity contribution in [1.29, 1.82) is 0 Å². The van der Waals surface area contributed by atoms with E-state index in [1.54, 1.807) is 6.92 Å². The maximum atomic E-state index is 13.9. The predicted octanol–water partition coefficient (Wildman–Crippen LogP) is 5.94. The van der Waals surface area contributed by atoms with Crippen molar-refractivity contribution in [2.75, 3.05) is 20.2 Å². The Balaban J connectivity index is 5.98. The molecular weight excluding hydrogens is 551 g/mol. The van der Waals surface area contributed by atoms with Gasteiger partial charge in [-0.1, -0.05) is 26.2 Å². The fourth-order valence-electron chi connectivity index (χ4n) is 2.37. The van der Waals surface area contributed by atoms with Crippen LogP contribution in [0.15, 0.2) is 0 Å². The van der Waals surface area contributed by atoms with Crippen LogP contribution in [-0.4, -0.2) is 78.7 Å². The van der Waals surface area contributed by atoms with Gasteiger partial charge in [0.05, 0.1) is 6.61 Å². The number of hydrogen-bond acceptors (Lipinski definition) is 3. The van der Waals surface area contributed by atoms with Gasteiger partial charge < -0.3 is 9.64 Å². The van der Waals surface area contributed by atoms with Gasteiger partial charge in [0.15, 0.2) is 0 Å². The molecule has 214 valence electrons. The molecule has 0 aromatic heterocycles. The molecule has 0 bridgehead atoms. The van der Waals surface area contributed by atoms with E-state index in [4.69, 9.17) is 0 Å². The lowest BCUT2D eigenvalue weighted by molar-refractivity contribution is -0.449. The second-order valence-corrected chi connectivity index (χ2v) is 7.39. The molecule has 36 heavy (non-hydrogen) atoms. The molecule has 1 amide bonds. The molecular formula is C17H18F15NO3. The summed E-state index contributed by atoms with van der Waals surface area (Å²) in [4.78, 5) is 22.2. The molecule has 0 aliphatic carbocycles. The maximum absolute atomic E-state index is 13.9. The van der Waals surface area contributed by atoms with E-state index in [9.17, 15) is 75.4 Å². The number of carbonyl (C=O) groups excluding carboxylic acids is 2. The van der Waals surface area contributed by atoms with Gasteiger partial charge in [0.1, 0.15) is 6.54 Å². The number of hydrogen-bond donors (Lipinski definition) is 0. The van der Waals surface area contributed by atoms with Crippen molar-refractivity contribution in [2.24, 2.45) is 0 Å². The lowest BCUT2D eigenvalue weighted by Gasteiger charge is -2.41. The lowest BCUT2D eigenvalue weighted by Crippen LogP contribution is -2.74. The fourth-order valence-corrected chi connectivity index (χ4v) is 2.37. The van der Waals surface area contributed by atoms with Gasteiger partial charge in [-0.15, -0.1) is 0 Å². The average molecular weight is 569 g/mol. The van der Waals surface area contributed by atoms with Gasteiger partial charge in [-0.2, -0.15) is 65.9 Å². The van der Waals surface area contributed by atoms with Crippen LogP contribution in [0.2, 0.25) is 0 Å². The van der Waals surface area contributed by atoms with Crippen LogP contribution >= 0.6 is 0 Å². The first kappa shape index (κ1) is 33.9. The third kappa shape index (κ3) is 5.73. The van der Waals surface area contributed by atoms with Crippen molar-refractivity contribution in [3.05, 3.63) is 0 Å². The molecule has 19 heteroatoms. The summed E-state index contributed by atoms with van der Waals surface area (Å²) in [5.41, 5.74) is 0. The van der Waals surface area contributed by atoms with Crippen molar-refractivity contribution >= 4 is 11.9 Å². The first-order valence-corrected chi connectivity index (χ1v) is 9.53. The Bertz CT molecular complexity index is 780. The number of carbonyl (C=O) groups is 2. The molecule has 0 spiro atoms. The van der Waals surface area contributed by atoms with Gasteiger partial charge >= 0.3 is 47.7 Å². The van der Waals surface area contributed by atoms with Gasteiger partial charge in [-0.25, -0.2) is 0 Å². The molecule has 0 aliphatic rings. The molecule has 0 N–H and O–H groups in total. The number of amides is 1. The summed E-state index contributed by atoms with van der Waals surface area (Å²) >= 11 is 0. The van der Waals surface area contributed by atoms with E-state index < -0.39 is 65.0 Å². The molecule has 4 nitrogen and oxygen atoms in total. The quantitative estimate of drug-likeness (QED) is 0.157. The monoisotopic (exact) mass is 569 g/mol. The fraction of sp³-hybridized carbons (Fsp3) is 0.882. The summed E-state index contributed by atoms with van der Waals surface area (Å²) in [7, 11) is 0.0629. The van der Waals surface area contributed by atoms with Crippen molar-refractivity contribution in [3.63, 3.8) is 0 Å². The Hall–Kier alpha value is -2.11. The van der Waals surface area contributed by atoms with E-state index in [0.29, 0.717) is 12.8 Å². The van der Waals surface area contributed by atoms with Crippen molar-refractivity contribution < 1.29 is 80.2 Å². The SMILES string of the molecule is CCCCCCOC(=O)CN(C)C(=O)C(F)(F)C(F)(F)C(F)(F)C(F)(F)C(F)(F)C(F)(F)C(F)(F)F. The molecule has 0 aromatic carbocycles. The normalized spacial score (nSPS) is 14.6. The average Bonchev–Trinajstić information content (AvgIpc) is 2.71. The van der Waals surface area contributed by atoms with E-state index in [0.717, 1.165) is 6.42 Å². The van der Waals surface area contributed by atoms with Crippen LogP contribution in [0.4, 0.5) is 65.9 Å². The minimum atomic E-state index is -8.50. The number of halogens is 15. The smallest absolute Gasteiger partial charge is 0.460 e. The molecule has 0 saturated carbocycles. The van der Waals surface area contributed by atoms with E-state index in [1.807, 2.05) is 0 Å². The van der Waals surface area contributed by atoms with E-state index in [1.165, 1.54) is 0 Å². The standard InChI is InChI=1S/C17H18F15NO3/c1-3-4-5-6-7-36-9(34)8-33(2)10(35)11(18,19)12(20,21)13(22,23)14(24,25)15(26,27)16(28,29)17(30,31)32/h3-8H2,1-2H3. The highest BCUT2D eigenvalue weighted by molar-refractivity contribution is 5.88. The number of unbranched alkanes of at least 4 members (excludes halogenated alkanes) is 3. The first-order chi connectivity index (χ1) is 15.8. The van der Waals surface area contributed by atoms with Crippen molar-refractivity contribution in [3.8, 4) is 0 Å². The van der Waals surface area contributed by atoms with Gasteiger partial charge in [0, 0.05) is 7.05 Å². The number of ether oxygens (including phenoxy) is 1. The molecule has 0 saturated heterocycles. The van der Waals surface area contributed by atoms with Crippen molar-refractivity contribution in [2.45, 2.75) is 74.3 Å². The summed E-state index contributed by atoms with van der Waals surface area (Å²) in [5.74, 6) is -53.7. The Morgan fingerprint density at radius 2 is 1.06 bits per heavy atom. The molecule has 0 rings (SSSR count). The van der Waals surface area contributed by atoms with E-state index in [-0.39, 0.29) is 20.1 Å². The molecule has 0 aromatic rings. The number of likely N-dealkylation sites (N-methyl/N-ethyl adjacent to an activating group) is 1. The third-order valence-corrected chi connectivity index (χ3v) is 4.57. The van der Waals surface area contributed by atoms with Crippen molar-refractivity contribution in [1.82, 2.24) is 4.90 Å². The topological polar surface area (TPSA) is 46.6 Å². The highest BCUT2D eigenvalue weighted by atomic mass is 19.4. The van der Waals surface area contributed by atoms with Gasteiger partial charge in [-0.3, -0.25) is 9.59 Å². The highest BCUT2D eigenvalue weighted by Gasteiger charge is 2.94. The van der Waals surface area contributed by atoms with Crippen LogP contribution in [0.5, 0.6) is 0 Å². The molecule has 0 atom stereocenters. The summed E-state index contributed by atoms with van der Waals surface area (Å²) in [6.45, 7) is -0.256. The molecule has 0 fully saturated rings. The highest BCUT2D eigenvalue weighted by Crippen LogP contribution is 2.62. The summed E-state index contributed by atoms with van der Waals surface area (Å²) < 4.78 is 202. The van der Waals surface area contributed by atoms with Crippen LogP contribution in [0.3, 0.4) is 0 Å². The predicted molar refractivity (Wildman–Crippen MR) is 88.5 cm³/mol. The zero-order valence-electron chi connectivity index (χ0n) is 18.1. The zero-order chi connectivity index (χ0) is 29.2. The van der Waals surface area contributed by atoms with Crippen LogP contribution in [0.25, 0.3) is 0 Å². The Morgan fingerprint density at radius 3 is 1.47 bits per heavy atom. The van der Waals surface area contributed by atoms with Crippen LogP contribution < -0.4 is 0 Å². The number of rotatable bonds is 13. The van der Waals surface area contributed by atoms with Crippen LogP contribution in [-0.2, 0) is 14.3 Å². The third-order valence-electron chi connectivity index (χ3n) is 4.57. The first-order valence-electron chi connectivity index (χ1n) is 9.53. The van der Waals surface area contributed by atoms with Gasteiger partial charge in [0.25, 0.3) is 5.91 Å². The number of esters is 1. The molecule has 0 heterocycles. The summed E-state index contributed by atoms with van der Waals surface area (Å²) in [5, 5.41) is 0. The Kier molecular flexibility index (Phi) is 10.1. The summed E-state index contributed by atoms with van der Waals surface area (Å²) in [6.07, 6.45) is -5.60. The van der Waals surface area contributed by atoms with Crippen LogP contribution in [0, 0.1) is 0 Å². The largest absolute Gasteiger partial charge is 0.464 e. The minimum Gasteiger partial charge on any atom is -0.464 e. The molecule has 0 radical (unpaired) electrons. The number of nitrogens with zero attached hydrogens (tertiary/aromatic N) is 1. The molecule has 0 aliphatic heterocycles. The maximum Gasteiger partial charge on any atom is 0.460 e. The number of alkyl halides is 15. The second-order valence-electron chi connectivity index (χ2n) is 7.39. The Morgan fingerprint density at radius 1 is 0.639 bits per heavy atom. The summed E-state index contributed by atoms with van der Waals surface area (Å²) in [6, 6.07) is 0. The minimum absolute atomic E-state index is 0.0629. The zero-order valence-corrected chi connectivity index (χ0v) is 18.1. The van der Waals surface area contributed by atoms with Gasteiger partial charge in [0.2, 0.25) is 0 Å². The Labute approximate surface area is 192 Å². The molecule has 0 unspecified atom stereocenters. The van der Waals surface area contributed by atoms with E-state index >= 15 is 0 Å².